The van der Waals surface area contributed by atoms with Crippen molar-refractivity contribution < 1.29 is 9.53 Å². The number of rotatable bonds is 1. The molecular formula is C10H8O2S. The Morgan fingerprint density at radius 2 is 2.08 bits per heavy atom. The molecule has 1 aromatic rings. The summed E-state index contributed by atoms with van der Waals surface area (Å²) in [6.07, 6.45) is 0. The van der Waals surface area contributed by atoms with Crippen LogP contribution in [0.1, 0.15) is 0 Å². The van der Waals surface area contributed by atoms with E-state index in [1.54, 1.807) is 0 Å². The van der Waals surface area contributed by atoms with Crippen LogP contribution in [0.2, 0.25) is 0 Å². The van der Waals surface area contributed by atoms with Gasteiger partial charge >= 0.3 is 5.97 Å². The number of ether oxygens (including phenoxy) is 1. The lowest BCUT2D eigenvalue weighted by molar-refractivity contribution is -0.133. The summed E-state index contributed by atoms with van der Waals surface area (Å²) in [5.74, 6) is 1.82. The topological polar surface area (TPSA) is 26.3 Å². The van der Waals surface area contributed by atoms with Gasteiger partial charge in [0.2, 0.25) is 0 Å². The largest absolute Gasteiger partial charge is 0.459 e. The van der Waals surface area contributed by atoms with Crippen LogP contribution in [0.4, 0.5) is 0 Å². The van der Waals surface area contributed by atoms with Gasteiger partial charge in [0.1, 0.15) is 0 Å². The van der Waals surface area contributed by atoms with Gasteiger partial charge < -0.3 is 4.74 Å². The average molecular weight is 192 g/mol. The first kappa shape index (κ1) is 9.69. The van der Waals surface area contributed by atoms with Crippen molar-refractivity contribution in [3.63, 3.8) is 0 Å². The van der Waals surface area contributed by atoms with Crippen molar-refractivity contribution in [3.8, 4) is 11.2 Å². The number of carbonyl (C=O) groups excluding carboxylic acids is 1. The molecule has 0 heterocycles. The quantitative estimate of drug-likeness (QED) is 0.386. The van der Waals surface area contributed by atoms with Crippen molar-refractivity contribution in [2.24, 2.45) is 0 Å². The summed E-state index contributed by atoms with van der Waals surface area (Å²) in [4.78, 5) is 11.6. The first-order valence-corrected chi connectivity index (χ1v) is 4.45. The molecule has 0 bridgehead atoms. The zero-order valence-electron chi connectivity index (χ0n) is 7.11. The van der Waals surface area contributed by atoms with Gasteiger partial charge in [0, 0.05) is 10.8 Å². The van der Waals surface area contributed by atoms with Crippen LogP contribution in [0.5, 0.6) is 0 Å². The molecule has 0 unspecified atom stereocenters. The summed E-state index contributed by atoms with van der Waals surface area (Å²) in [6, 6.07) is 9.62. The Bertz CT molecular complexity index is 335. The van der Waals surface area contributed by atoms with Gasteiger partial charge in [-0.25, -0.2) is 4.79 Å². The van der Waals surface area contributed by atoms with Crippen LogP contribution < -0.4 is 0 Å². The smallest absolute Gasteiger partial charge is 0.384 e. The summed E-state index contributed by atoms with van der Waals surface area (Å²) in [6.45, 7) is 0. The van der Waals surface area contributed by atoms with Crippen molar-refractivity contribution in [1.29, 1.82) is 0 Å². The van der Waals surface area contributed by atoms with E-state index in [1.165, 1.54) is 18.9 Å². The van der Waals surface area contributed by atoms with E-state index in [-0.39, 0.29) is 0 Å². The highest BCUT2D eigenvalue weighted by molar-refractivity contribution is 8.04. The van der Waals surface area contributed by atoms with E-state index >= 15 is 0 Å². The molecule has 2 nitrogen and oxygen atoms in total. The maximum absolute atomic E-state index is 10.6. The summed E-state index contributed by atoms with van der Waals surface area (Å²) >= 11 is 1.30. The molecule has 0 amide bonds. The van der Waals surface area contributed by atoms with Gasteiger partial charge in [-0.1, -0.05) is 18.2 Å². The van der Waals surface area contributed by atoms with E-state index in [1.807, 2.05) is 30.3 Å². The van der Waals surface area contributed by atoms with Gasteiger partial charge in [0.15, 0.2) is 0 Å². The molecule has 66 valence electrons. The van der Waals surface area contributed by atoms with Crippen LogP contribution in [-0.4, -0.2) is 13.1 Å². The lowest BCUT2D eigenvalue weighted by Gasteiger charge is -1.90. The Kier molecular flexibility index (Phi) is 3.94. The molecule has 0 fully saturated rings. The fourth-order valence-electron chi connectivity index (χ4n) is 0.666. The van der Waals surface area contributed by atoms with Crippen LogP contribution in [-0.2, 0) is 9.53 Å². The number of esters is 1. The van der Waals surface area contributed by atoms with Crippen molar-refractivity contribution in [3.05, 3.63) is 30.3 Å². The van der Waals surface area contributed by atoms with Crippen molar-refractivity contribution in [1.82, 2.24) is 0 Å². The fourth-order valence-corrected chi connectivity index (χ4v) is 1.21. The molecule has 0 saturated carbocycles. The predicted octanol–water partition coefficient (Wildman–Crippen LogP) is 1.91. The molecule has 3 heteroatoms. The standard InChI is InChI=1S/C10H8O2S/c1-12-10(11)7-8-13-9-5-3-2-4-6-9/h2-6H,1H3. The summed E-state index contributed by atoms with van der Waals surface area (Å²) in [7, 11) is 1.31. The fraction of sp³-hybridized carbons (Fsp3) is 0.100. The Hall–Kier alpha value is -1.40. The van der Waals surface area contributed by atoms with Crippen molar-refractivity contribution in [2.45, 2.75) is 4.90 Å². The van der Waals surface area contributed by atoms with Gasteiger partial charge in [-0.05, 0) is 29.1 Å². The van der Waals surface area contributed by atoms with Crippen LogP contribution in [0.3, 0.4) is 0 Å². The molecule has 0 saturated heterocycles. The van der Waals surface area contributed by atoms with Crippen molar-refractivity contribution >= 4 is 17.7 Å². The summed E-state index contributed by atoms with van der Waals surface area (Å²) in [5, 5.41) is 2.64. The molecule has 0 atom stereocenters. The second-order valence-corrected chi connectivity index (χ2v) is 3.01. The van der Waals surface area contributed by atoms with E-state index in [2.05, 4.69) is 15.9 Å². The number of methoxy groups -OCH3 is 1. The minimum atomic E-state index is -0.511. The molecule has 0 N–H and O–H groups in total. The minimum Gasteiger partial charge on any atom is -0.459 e. The molecule has 0 aromatic heterocycles. The number of carbonyl (C=O) groups is 1. The molecular weight excluding hydrogens is 184 g/mol. The molecule has 0 aliphatic heterocycles. The van der Waals surface area contributed by atoms with Crippen LogP contribution in [0.25, 0.3) is 0 Å². The first-order valence-electron chi connectivity index (χ1n) is 3.64. The number of hydrogen-bond donors (Lipinski definition) is 0. The molecule has 1 rings (SSSR count). The summed E-state index contributed by atoms with van der Waals surface area (Å²) < 4.78 is 4.36. The molecule has 0 aliphatic carbocycles. The predicted molar refractivity (Wildman–Crippen MR) is 52.1 cm³/mol. The van der Waals surface area contributed by atoms with Gasteiger partial charge in [0.05, 0.1) is 7.11 Å². The third-order valence-corrected chi connectivity index (χ3v) is 1.96. The zero-order valence-corrected chi connectivity index (χ0v) is 7.93. The lowest BCUT2D eigenvalue weighted by Crippen LogP contribution is -1.93. The highest BCUT2D eigenvalue weighted by atomic mass is 32.2. The van der Waals surface area contributed by atoms with Gasteiger partial charge in [0.25, 0.3) is 0 Å². The molecule has 13 heavy (non-hydrogen) atoms. The Morgan fingerprint density at radius 3 is 2.69 bits per heavy atom. The Balaban J connectivity index is 2.51. The number of benzene rings is 1. The van der Waals surface area contributed by atoms with Gasteiger partial charge in [-0.3, -0.25) is 0 Å². The number of hydrogen-bond acceptors (Lipinski definition) is 3. The SMILES string of the molecule is COC(=O)C#CSc1ccccc1. The molecule has 1 aromatic carbocycles. The van der Waals surface area contributed by atoms with Crippen molar-refractivity contribution in [2.75, 3.05) is 7.11 Å². The van der Waals surface area contributed by atoms with Gasteiger partial charge in [-0.2, -0.15) is 0 Å². The Labute approximate surface area is 81.3 Å². The first-order chi connectivity index (χ1) is 6.33. The minimum absolute atomic E-state index is 0.511. The molecule has 0 spiro atoms. The summed E-state index contributed by atoms with van der Waals surface area (Å²) in [5.41, 5.74) is 0. The van der Waals surface area contributed by atoms with E-state index < -0.39 is 5.97 Å². The third kappa shape index (κ3) is 3.68. The maximum atomic E-state index is 10.6. The second-order valence-electron chi connectivity index (χ2n) is 2.13. The van der Waals surface area contributed by atoms with E-state index in [4.69, 9.17) is 0 Å². The lowest BCUT2D eigenvalue weighted by atomic mass is 10.4. The average Bonchev–Trinajstić information content (AvgIpc) is 2.19. The Morgan fingerprint density at radius 1 is 1.38 bits per heavy atom. The normalized spacial score (nSPS) is 8.38. The van der Waals surface area contributed by atoms with E-state index in [0.717, 1.165) is 4.90 Å². The van der Waals surface area contributed by atoms with Crippen LogP contribution >= 0.6 is 11.8 Å². The van der Waals surface area contributed by atoms with E-state index in [9.17, 15) is 4.79 Å². The van der Waals surface area contributed by atoms with Crippen LogP contribution in [0.15, 0.2) is 35.2 Å². The zero-order chi connectivity index (χ0) is 9.52. The highest BCUT2D eigenvalue weighted by Crippen LogP contribution is 2.14. The molecule has 0 radical (unpaired) electrons. The van der Waals surface area contributed by atoms with Gasteiger partial charge in [-0.15, -0.1) is 0 Å². The monoisotopic (exact) mass is 192 g/mol. The number of thioether (sulfide) groups is 1. The third-order valence-electron chi connectivity index (χ3n) is 1.25. The molecule has 0 aliphatic rings. The highest BCUT2D eigenvalue weighted by Gasteiger charge is 1.90. The van der Waals surface area contributed by atoms with Crippen LogP contribution in [0, 0.1) is 11.2 Å². The van der Waals surface area contributed by atoms with E-state index in [0.29, 0.717) is 0 Å². The second kappa shape index (κ2) is 5.28. The maximum Gasteiger partial charge on any atom is 0.384 e.